The molecule has 3 aromatic rings. The highest BCUT2D eigenvalue weighted by atomic mass is 79.9. The number of imide groups is 1. The average molecular weight is 607 g/mol. The Morgan fingerprint density at radius 2 is 1.79 bits per heavy atom. The molecule has 1 heterocycles. The first-order valence-electron chi connectivity index (χ1n) is 10.1. The van der Waals surface area contributed by atoms with Gasteiger partial charge >= 0.3 is 0 Å². The van der Waals surface area contributed by atoms with Crippen LogP contribution in [0, 0.1) is 5.82 Å². The molecule has 0 spiro atoms. The lowest BCUT2D eigenvalue weighted by molar-refractivity contribution is -0.123. The molecule has 0 radical (unpaired) electrons. The van der Waals surface area contributed by atoms with Crippen molar-refractivity contribution in [3.8, 4) is 11.5 Å². The van der Waals surface area contributed by atoms with E-state index in [0.717, 1.165) is 27.4 Å². The second kappa shape index (κ2) is 10.8. The van der Waals surface area contributed by atoms with Gasteiger partial charge in [-0.05, 0) is 86.9 Å². The molecular weight excluding hydrogens is 589 g/mol. The van der Waals surface area contributed by atoms with Gasteiger partial charge < -0.3 is 9.47 Å². The van der Waals surface area contributed by atoms with Crippen LogP contribution in [0.4, 0.5) is 9.18 Å². The van der Waals surface area contributed by atoms with Crippen molar-refractivity contribution in [2.24, 2.45) is 0 Å². The summed E-state index contributed by atoms with van der Waals surface area (Å²) in [6.45, 7) is 0.424. The fraction of sp³-hybridized carbons (Fsp3) is 0.120. The first-order chi connectivity index (χ1) is 16.3. The van der Waals surface area contributed by atoms with Crippen LogP contribution < -0.4 is 9.47 Å². The fourth-order valence-corrected chi connectivity index (χ4v) is 5.16. The third-order valence-electron chi connectivity index (χ3n) is 4.95. The molecule has 1 fully saturated rings. The zero-order valence-corrected chi connectivity index (χ0v) is 21.9. The van der Waals surface area contributed by atoms with E-state index in [1.807, 2.05) is 24.3 Å². The Hall–Kier alpha value is -2.62. The Morgan fingerprint density at radius 3 is 2.50 bits per heavy atom. The maximum Gasteiger partial charge on any atom is 0.293 e. The summed E-state index contributed by atoms with van der Waals surface area (Å²) < 4.78 is 26.0. The largest absolute Gasteiger partial charge is 0.493 e. The average Bonchev–Trinajstić information content (AvgIpc) is 3.06. The van der Waals surface area contributed by atoms with Gasteiger partial charge in [0.1, 0.15) is 12.4 Å². The highest BCUT2D eigenvalue weighted by molar-refractivity contribution is 9.10. The van der Waals surface area contributed by atoms with Crippen molar-refractivity contribution in [2.75, 3.05) is 7.11 Å². The number of rotatable bonds is 7. The number of carbonyl (C=O) groups is 2. The predicted octanol–water partition coefficient (Wildman–Crippen LogP) is 7.17. The highest BCUT2D eigenvalue weighted by Gasteiger charge is 2.35. The zero-order valence-electron chi connectivity index (χ0n) is 17.9. The molecule has 1 aliphatic heterocycles. The molecule has 3 aromatic carbocycles. The molecule has 9 heteroatoms. The maximum absolute atomic E-state index is 13.1. The quantitative estimate of drug-likeness (QED) is 0.267. The molecule has 1 saturated heterocycles. The van der Waals surface area contributed by atoms with Crippen molar-refractivity contribution in [3.05, 3.63) is 97.0 Å². The van der Waals surface area contributed by atoms with Gasteiger partial charge in [0.15, 0.2) is 11.5 Å². The Kier molecular flexibility index (Phi) is 7.75. The number of methoxy groups -OCH3 is 1. The van der Waals surface area contributed by atoms with Crippen LogP contribution in [0.25, 0.3) is 6.08 Å². The van der Waals surface area contributed by atoms with Crippen LogP contribution in [-0.2, 0) is 17.9 Å². The van der Waals surface area contributed by atoms with Crippen LogP contribution in [0.1, 0.15) is 16.7 Å². The van der Waals surface area contributed by atoms with E-state index in [0.29, 0.717) is 26.4 Å². The molecule has 0 atom stereocenters. The van der Waals surface area contributed by atoms with Gasteiger partial charge in [-0.15, -0.1) is 0 Å². The number of thioether (sulfide) groups is 1. The summed E-state index contributed by atoms with van der Waals surface area (Å²) in [5, 5.41) is -0.318. The second-order valence-electron chi connectivity index (χ2n) is 7.35. The summed E-state index contributed by atoms with van der Waals surface area (Å²) in [7, 11) is 1.52. The molecule has 2 amide bonds. The van der Waals surface area contributed by atoms with Crippen molar-refractivity contribution in [3.63, 3.8) is 0 Å². The van der Waals surface area contributed by atoms with E-state index in [2.05, 4.69) is 31.9 Å². The lowest BCUT2D eigenvalue weighted by Crippen LogP contribution is -2.27. The molecule has 0 bridgehead atoms. The molecule has 34 heavy (non-hydrogen) atoms. The van der Waals surface area contributed by atoms with Gasteiger partial charge in [-0.25, -0.2) is 4.39 Å². The van der Waals surface area contributed by atoms with E-state index in [1.54, 1.807) is 30.3 Å². The molecule has 0 aromatic heterocycles. The fourth-order valence-electron chi connectivity index (χ4n) is 3.30. The van der Waals surface area contributed by atoms with E-state index in [1.165, 1.54) is 24.1 Å². The Morgan fingerprint density at radius 1 is 1.03 bits per heavy atom. The number of hydrogen-bond acceptors (Lipinski definition) is 5. The van der Waals surface area contributed by atoms with Crippen LogP contribution in [0.5, 0.6) is 11.5 Å². The monoisotopic (exact) mass is 605 g/mol. The van der Waals surface area contributed by atoms with Crippen LogP contribution in [-0.4, -0.2) is 23.2 Å². The van der Waals surface area contributed by atoms with E-state index in [4.69, 9.17) is 9.47 Å². The summed E-state index contributed by atoms with van der Waals surface area (Å²) in [5.41, 5.74) is 2.33. The summed E-state index contributed by atoms with van der Waals surface area (Å²) in [6, 6.07) is 17.0. The molecular formula is C25H18Br2FNO4S. The van der Waals surface area contributed by atoms with Gasteiger partial charge in [-0.1, -0.05) is 40.2 Å². The third-order valence-corrected chi connectivity index (χ3v) is 6.94. The van der Waals surface area contributed by atoms with Gasteiger partial charge in [0.25, 0.3) is 11.1 Å². The third kappa shape index (κ3) is 5.71. The zero-order chi connectivity index (χ0) is 24.2. The van der Waals surface area contributed by atoms with Crippen molar-refractivity contribution >= 4 is 60.8 Å². The minimum atomic E-state index is -0.346. The van der Waals surface area contributed by atoms with Gasteiger partial charge in [0.05, 0.1) is 23.0 Å². The smallest absolute Gasteiger partial charge is 0.293 e. The molecule has 0 aliphatic carbocycles. The number of halogens is 3. The maximum atomic E-state index is 13.1. The van der Waals surface area contributed by atoms with E-state index >= 15 is 0 Å². The van der Waals surface area contributed by atoms with Crippen LogP contribution in [0.2, 0.25) is 0 Å². The Labute approximate surface area is 217 Å². The molecule has 0 N–H and O–H groups in total. The molecule has 1 aliphatic rings. The number of benzene rings is 3. The van der Waals surface area contributed by atoms with Crippen molar-refractivity contribution < 1.29 is 23.5 Å². The van der Waals surface area contributed by atoms with Crippen LogP contribution in [0.3, 0.4) is 0 Å². The van der Waals surface area contributed by atoms with E-state index < -0.39 is 0 Å². The molecule has 4 rings (SSSR count). The second-order valence-corrected chi connectivity index (χ2v) is 10.1. The molecule has 0 saturated carbocycles. The van der Waals surface area contributed by atoms with Crippen LogP contribution >= 0.6 is 43.6 Å². The number of ether oxygens (including phenoxy) is 2. The highest BCUT2D eigenvalue weighted by Crippen LogP contribution is 2.39. The number of carbonyl (C=O) groups excluding carboxylic acids is 2. The number of nitrogens with zero attached hydrogens (tertiary/aromatic N) is 1. The minimum Gasteiger partial charge on any atom is -0.493 e. The van der Waals surface area contributed by atoms with Gasteiger partial charge in [-0.2, -0.15) is 0 Å². The standard InChI is InChI=1S/C25H18Br2FNO4S/c1-32-21-11-17(10-20(27)23(21)33-14-15-5-7-19(28)8-6-15)12-22-24(30)29(25(31)34-22)13-16-3-2-4-18(26)9-16/h2-12H,13-14H2,1H3/b22-12+. The predicted molar refractivity (Wildman–Crippen MR) is 137 cm³/mol. The minimum absolute atomic E-state index is 0.199. The summed E-state index contributed by atoms with van der Waals surface area (Å²) >= 11 is 7.80. The lowest BCUT2D eigenvalue weighted by Gasteiger charge is -2.14. The normalized spacial score (nSPS) is 14.7. The first-order valence-corrected chi connectivity index (χ1v) is 12.5. The van der Waals surface area contributed by atoms with Crippen molar-refractivity contribution in [2.45, 2.75) is 13.2 Å². The molecule has 174 valence electrons. The SMILES string of the molecule is COc1cc(/C=C2/SC(=O)N(Cc3cccc(Br)c3)C2=O)cc(Br)c1OCc1ccc(F)cc1. The summed E-state index contributed by atoms with van der Waals surface area (Å²) in [6.07, 6.45) is 1.66. The van der Waals surface area contributed by atoms with Crippen LogP contribution in [0.15, 0.2) is 74.5 Å². The topological polar surface area (TPSA) is 55.8 Å². The Balaban J connectivity index is 1.53. The Bertz CT molecular complexity index is 1280. The van der Waals surface area contributed by atoms with E-state index in [-0.39, 0.29) is 30.1 Å². The van der Waals surface area contributed by atoms with Gasteiger partial charge in [-0.3, -0.25) is 14.5 Å². The summed E-state index contributed by atoms with van der Waals surface area (Å²) in [5.74, 6) is 0.275. The summed E-state index contributed by atoms with van der Waals surface area (Å²) in [4.78, 5) is 27.0. The van der Waals surface area contributed by atoms with Gasteiger partial charge in [0, 0.05) is 4.47 Å². The number of amides is 2. The number of hydrogen-bond donors (Lipinski definition) is 0. The van der Waals surface area contributed by atoms with Crippen molar-refractivity contribution in [1.29, 1.82) is 0 Å². The lowest BCUT2D eigenvalue weighted by atomic mass is 10.1. The van der Waals surface area contributed by atoms with E-state index in [9.17, 15) is 14.0 Å². The first kappa shape index (κ1) is 24.5. The van der Waals surface area contributed by atoms with Crippen molar-refractivity contribution in [1.82, 2.24) is 4.90 Å². The molecule has 5 nitrogen and oxygen atoms in total. The van der Waals surface area contributed by atoms with Gasteiger partial charge in [0.2, 0.25) is 0 Å². The molecule has 0 unspecified atom stereocenters.